The fourth-order valence-corrected chi connectivity index (χ4v) is 4.78. The molecule has 0 spiro atoms. The lowest BCUT2D eigenvalue weighted by Crippen LogP contribution is -2.39. The molecule has 160 valence electrons. The smallest absolute Gasteiger partial charge is 0.317 e. The predicted molar refractivity (Wildman–Crippen MR) is 119 cm³/mol. The van der Waals surface area contributed by atoms with E-state index in [1.807, 2.05) is 4.57 Å². The summed E-state index contributed by atoms with van der Waals surface area (Å²) in [4.78, 5) is 32.7. The van der Waals surface area contributed by atoms with Crippen molar-refractivity contribution in [1.29, 1.82) is 0 Å². The van der Waals surface area contributed by atoms with Crippen molar-refractivity contribution < 1.29 is 0 Å². The summed E-state index contributed by atoms with van der Waals surface area (Å²) in [5.41, 5.74) is 2.62. The maximum Gasteiger partial charge on any atom is 0.332 e. The molecule has 4 rings (SSSR count). The van der Waals surface area contributed by atoms with Gasteiger partial charge in [-0.3, -0.25) is 18.8 Å². The number of benzene rings is 1. The molecule has 1 aromatic carbocycles. The Hall–Kier alpha value is -2.67. The van der Waals surface area contributed by atoms with Crippen molar-refractivity contribution in [1.82, 2.24) is 23.6 Å². The second kappa shape index (κ2) is 7.87. The van der Waals surface area contributed by atoms with Gasteiger partial charge in [0.2, 0.25) is 0 Å². The van der Waals surface area contributed by atoms with E-state index in [2.05, 4.69) is 49.9 Å². The van der Waals surface area contributed by atoms with Crippen LogP contribution >= 0.6 is 0 Å². The highest BCUT2D eigenvalue weighted by Crippen LogP contribution is 2.23. The average molecular weight is 410 g/mol. The Bertz CT molecular complexity index is 1180. The maximum atomic E-state index is 13.1. The summed E-state index contributed by atoms with van der Waals surface area (Å²) in [6.45, 7) is 9.91. The molecule has 0 bridgehead atoms. The van der Waals surface area contributed by atoms with Crippen LogP contribution in [0, 0.1) is 18.8 Å². The highest BCUT2D eigenvalue weighted by Gasteiger charge is 2.25. The first-order chi connectivity index (χ1) is 14.2. The molecule has 2 unspecified atom stereocenters. The molecule has 7 heteroatoms. The number of aryl methyl sites for hydroxylation is 2. The molecule has 0 amide bonds. The van der Waals surface area contributed by atoms with Crippen molar-refractivity contribution in [3.05, 3.63) is 62.1 Å². The Kier molecular flexibility index (Phi) is 5.40. The van der Waals surface area contributed by atoms with Crippen molar-refractivity contribution in [3.63, 3.8) is 0 Å². The molecule has 7 nitrogen and oxygen atoms in total. The van der Waals surface area contributed by atoms with Crippen LogP contribution < -0.4 is 11.2 Å². The lowest BCUT2D eigenvalue weighted by Gasteiger charge is -2.34. The topological polar surface area (TPSA) is 65.1 Å². The minimum absolute atomic E-state index is 0.292. The van der Waals surface area contributed by atoms with Gasteiger partial charge in [-0.15, -0.1) is 0 Å². The SMILES string of the molecule is Cc1ccc(Cn2c(CN3CC(C)CC(C)C3)nc3c2c(=O)n(C)c(=O)n3C)cc1. The van der Waals surface area contributed by atoms with Crippen LogP contribution in [0.1, 0.15) is 37.2 Å². The van der Waals surface area contributed by atoms with Crippen LogP contribution in [0.15, 0.2) is 33.9 Å². The Balaban J connectivity index is 1.84. The van der Waals surface area contributed by atoms with Crippen LogP contribution in [0.4, 0.5) is 0 Å². The average Bonchev–Trinajstić information content (AvgIpc) is 3.03. The second-order valence-corrected chi connectivity index (χ2v) is 9.12. The number of aromatic nitrogens is 4. The van der Waals surface area contributed by atoms with Gasteiger partial charge in [0.1, 0.15) is 5.82 Å². The van der Waals surface area contributed by atoms with Gasteiger partial charge >= 0.3 is 5.69 Å². The van der Waals surface area contributed by atoms with Gasteiger partial charge in [0.25, 0.3) is 5.56 Å². The Morgan fingerprint density at radius 3 is 2.23 bits per heavy atom. The fraction of sp³-hybridized carbons (Fsp3) is 0.522. The number of fused-ring (bicyclic) bond motifs is 1. The van der Waals surface area contributed by atoms with E-state index in [1.165, 1.54) is 28.2 Å². The molecule has 0 aliphatic carbocycles. The summed E-state index contributed by atoms with van der Waals surface area (Å²) in [5.74, 6) is 2.12. The first-order valence-electron chi connectivity index (χ1n) is 10.7. The van der Waals surface area contributed by atoms with Gasteiger partial charge in [-0.2, -0.15) is 0 Å². The largest absolute Gasteiger partial charge is 0.332 e. The third kappa shape index (κ3) is 3.74. The Morgan fingerprint density at radius 1 is 0.967 bits per heavy atom. The van der Waals surface area contributed by atoms with Gasteiger partial charge < -0.3 is 4.57 Å². The minimum atomic E-state index is -0.348. The highest BCUT2D eigenvalue weighted by molar-refractivity contribution is 5.71. The molecular formula is C23H31N5O2. The Labute approximate surface area is 176 Å². The van der Waals surface area contributed by atoms with Crippen molar-refractivity contribution in [2.75, 3.05) is 13.1 Å². The van der Waals surface area contributed by atoms with Gasteiger partial charge in [0.05, 0.1) is 6.54 Å². The zero-order chi connectivity index (χ0) is 21.6. The summed E-state index contributed by atoms with van der Waals surface area (Å²) >= 11 is 0. The molecule has 1 aliphatic rings. The number of rotatable bonds is 4. The summed E-state index contributed by atoms with van der Waals surface area (Å²) in [5, 5.41) is 0. The lowest BCUT2D eigenvalue weighted by atomic mass is 9.92. The van der Waals surface area contributed by atoms with Gasteiger partial charge in [-0.25, -0.2) is 9.78 Å². The van der Waals surface area contributed by atoms with E-state index in [9.17, 15) is 9.59 Å². The third-order valence-corrected chi connectivity index (χ3v) is 6.20. The summed E-state index contributed by atoms with van der Waals surface area (Å²) < 4.78 is 4.66. The van der Waals surface area contributed by atoms with E-state index >= 15 is 0 Å². The molecule has 2 atom stereocenters. The van der Waals surface area contributed by atoms with Crippen molar-refractivity contribution >= 4 is 11.2 Å². The number of imidazole rings is 1. The van der Waals surface area contributed by atoms with Crippen LogP contribution in [0.25, 0.3) is 11.2 Å². The first kappa shape index (κ1) is 20.6. The first-order valence-corrected chi connectivity index (χ1v) is 10.7. The van der Waals surface area contributed by atoms with E-state index in [1.54, 1.807) is 7.05 Å². The van der Waals surface area contributed by atoms with Crippen LogP contribution in [0.3, 0.4) is 0 Å². The van der Waals surface area contributed by atoms with E-state index in [0.29, 0.717) is 36.1 Å². The van der Waals surface area contributed by atoms with Crippen LogP contribution in [-0.2, 0) is 27.2 Å². The van der Waals surface area contributed by atoms with Gasteiger partial charge in [0, 0.05) is 33.7 Å². The van der Waals surface area contributed by atoms with Crippen molar-refractivity contribution in [2.24, 2.45) is 25.9 Å². The van der Waals surface area contributed by atoms with E-state index < -0.39 is 0 Å². The van der Waals surface area contributed by atoms with Gasteiger partial charge in [0.15, 0.2) is 11.2 Å². The monoisotopic (exact) mass is 409 g/mol. The summed E-state index contributed by atoms with van der Waals surface area (Å²) in [6.07, 6.45) is 1.24. The molecule has 3 aromatic rings. The normalized spacial score (nSPS) is 20.2. The molecule has 30 heavy (non-hydrogen) atoms. The van der Waals surface area contributed by atoms with Gasteiger partial charge in [-0.05, 0) is 30.7 Å². The number of piperidine rings is 1. The zero-order valence-corrected chi connectivity index (χ0v) is 18.6. The van der Waals surface area contributed by atoms with Crippen LogP contribution in [0.2, 0.25) is 0 Å². The van der Waals surface area contributed by atoms with Crippen LogP contribution in [0.5, 0.6) is 0 Å². The summed E-state index contributed by atoms with van der Waals surface area (Å²) in [6, 6.07) is 8.33. The molecular weight excluding hydrogens is 378 g/mol. The van der Waals surface area contributed by atoms with Crippen molar-refractivity contribution in [2.45, 2.75) is 40.3 Å². The molecule has 1 fully saturated rings. The molecule has 1 aliphatic heterocycles. The Morgan fingerprint density at radius 2 is 1.60 bits per heavy atom. The number of likely N-dealkylation sites (tertiary alicyclic amines) is 1. The lowest BCUT2D eigenvalue weighted by molar-refractivity contribution is 0.130. The molecule has 3 heterocycles. The fourth-order valence-electron chi connectivity index (χ4n) is 4.78. The van der Waals surface area contributed by atoms with E-state index in [4.69, 9.17) is 4.98 Å². The molecule has 2 aromatic heterocycles. The molecule has 0 saturated carbocycles. The van der Waals surface area contributed by atoms with E-state index in [0.717, 1.165) is 24.5 Å². The quantitative estimate of drug-likeness (QED) is 0.663. The second-order valence-electron chi connectivity index (χ2n) is 9.12. The standard InChI is InChI=1S/C23H31N5O2/c1-15-6-8-18(9-7-15)13-28-19(14-27-11-16(2)10-17(3)12-27)24-21-20(28)22(29)26(5)23(30)25(21)4/h6-9,16-17H,10-14H2,1-5H3. The number of nitrogens with zero attached hydrogens (tertiary/aromatic N) is 5. The zero-order valence-electron chi connectivity index (χ0n) is 18.6. The van der Waals surface area contributed by atoms with Crippen LogP contribution in [-0.4, -0.2) is 36.7 Å². The van der Waals surface area contributed by atoms with E-state index in [-0.39, 0.29) is 11.2 Å². The summed E-state index contributed by atoms with van der Waals surface area (Å²) in [7, 11) is 3.21. The third-order valence-electron chi connectivity index (χ3n) is 6.20. The minimum Gasteiger partial charge on any atom is -0.317 e. The van der Waals surface area contributed by atoms with Gasteiger partial charge in [-0.1, -0.05) is 43.7 Å². The molecule has 0 radical (unpaired) electrons. The molecule has 0 N–H and O–H groups in total. The number of hydrogen-bond acceptors (Lipinski definition) is 4. The maximum absolute atomic E-state index is 13.1. The van der Waals surface area contributed by atoms with Crippen molar-refractivity contribution in [3.8, 4) is 0 Å². The molecule has 1 saturated heterocycles. The highest BCUT2D eigenvalue weighted by atomic mass is 16.2. The number of hydrogen-bond donors (Lipinski definition) is 0. The predicted octanol–water partition coefficient (Wildman–Crippen LogP) is 2.27.